The van der Waals surface area contributed by atoms with Crippen LogP contribution in [0, 0.1) is 0 Å². The number of carbonyl (C=O) groups is 1. The summed E-state index contributed by atoms with van der Waals surface area (Å²) in [6.07, 6.45) is 0. The molecule has 1 heterocycles. The summed E-state index contributed by atoms with van der Waals surface area (Å²) in [5.41, 5.74) is 4.70. The number of benzene rings is 1. The van der Waals surface area contributed by atoms with E-state index in [0.717, 1.165) is 6.07 Å². The number of ether oxygens (including phenoxy) is 1. The highest BCUT2D eigenvalue weighted by molar-refractivity contribution is 5.91. The fraction of sp³-hybridized carbons (Fsp3) is 0.154. The van der Waals surface area contributed by atoms with Crippen molar-refractivity contribution in [3.05, 3.63) is 56.9 Å². The third-order valence-corrected chi connectivity index (χ3v) is 2.52. The van der Waals surface area contributed by atoms with Crippen molar-refractivity contribution in [2.45, 2.75) is 0 Å². The topological polar surface area (TPSA) is 130 Å². The van der Waals surface area contributed by atoms with Crippen molar-refractivity contribution in [1.82, 2.24) is 15.3 Å². The molecule has 0 aliphatic rings. The van der Waals surface area contributed by atoms with Crippen molar-refractivity contribution in [1.29, 1.82) is 0 Å². The molecule has 2 rings (SSSR count). The third kappa shape index (κ3) is 4.23. The van der Waals surface area contributed by atoms with E-state index in [1.807, 2.05) is 4.98 Å². The molecule has 0 atom stereocenters. The molecule has 110 valence electrons. The van der Waals surface area contributed by atoms with Crippen LogP contribution in [0.4, 0.5) is 5.69 Å². The monoisotopic (exact) mass is 290 g/mol. The first-order valence-electron chi connectivity index (χ1n) is 6.15. The van der Waals surface area contributed by atoms with Gasteiger partial charge in [0.1, 0.15) is 18.1 Å². The predicted octanol–water partition coefficient (Wildman–Crippen LogP) is -0.546. The van der Waals surface area contributed by atoms with Crippen molar-refractivity contribution in [3.63, 3.8) is 0 Å². The minimum Gasteiger partial charge on any atom is -0.492 e. The maximum atomic E-state index is 11.7. The van der Waals surface area contributed by atoms with E-state index in [-0.39, 0.29) is 18.8 Å². The zero-order valence-electron chi connectivity index (χ0n) is 11.0. The molecule has 0 fully saturated rings. The first kappa shape index (κ1) is 14.4. The second-order valence-corrected chi connectivity index (χ2v) is 4.18. The second kappa shape index (κ2) is 6.42. The molecule has 0 radical (unpaired) electrons. The van der Waals surface area contributed by atoms with Crippen LogP contribution in [-0.2, 0) is 0 Å². The molecule has 5 N–H and O–H groups in total. The molecule has 2 aromatic rings. The summed E-state index contributed by atoms with van der Waals surface area (Å²) in [4.78, 5) is 38.0. The highest BCUT2D eigenvalue weighted by atomic mass is 16.5. The van der Waals surface area contributed by atoms with Gasteiger partial charge in [0.2, 0.25) is 0 Å². The van der Waals surface area contributed by atoms with Crippen molar-refractivity contribution in [3.8, 4) is 5.75 Å². The van der Waals surface area contributed by atoms with Gasteiger partial charge >= 0.3 is 5.69 Å². The number of rotatable bonds is 5. The van der Waals surface area contributed by atoms with Gasteiger partial charge in [-0.1, -0.05) is 6.07 Å². The number of anilines is 1. The Hall–Kier alpha value is -3.03. The smallest absolute Gasteiger partial charge is 0.326 e. The van der Waals surface area contributed by atoms with E-state index in [4.69, 9.17) is 10.5 Å². The van der Waals surface area contributed by atoms with E-state index >= 15 is 0 Å². The van der Waals surface area contributed by atoms with Gasteiger partial charge in [0.15, 0.2) is 0 Å². The molecule has 0 bridgehead atoms. The third-order valence-electron chi connectivity index (χ3n) is 2.52. The molecule has 0 saturated heterocycles. The Morgan fingerprint density at radius 1 is 1.24 bits per heavy atom. The van der Waals surface area contributed by atoms with E-state index in [1.54, 1.807) is 24.3 Å². The minimum atomic E-state index is -0.733. The van der Waals surface area contributed by atoms with Gasteiger partial charge in [-0.15, -0.1) is 0 Å². The Balaban J connectivity index is 1.84. The lowest BCUT2D eigenvalue weighted by atomic mass is 10.3. The first-order valence-corrected chi connectivity index (χ1v) is 6.15. The highest BCUT2D eigenvalue weighted by Gasteiger charge is 2.07. The van der Waals surface area contributed by atoms with Crippen LogP contribution in [0.15, 0.2) is 39.9 Å². The number of aromatic amines is 2. The van der Waals surface area contributed by atoms with Crippen LogP contribution < -0.4 is 27.0 Å². The van der Waals surface area contributed by atoms with Crippen LogP contribution in [0.3, 0.4) is 0 Å². The Morgan fingerprint density at radius 2 is 2.05 bits per heavy atom. The molecule has 0 spiro atoms. The molecule has 0 aliphatic carbocycles. The lowest BCUT2D eigenvalue weighted by Gasteiger charge is -2.08. The average Bonchev–Trinajstić information content (AvgIpc) is 2.42. The van der Waals surface area contributed by atoms with Crippen molar-refractivity contribution >= 4 is 11.6 Å². The van der Waals surface area contributed by atoms with Crippen molar-refractivity contribution < 1.29 is 9.53 Å². The molecular formula is C13H14N4O4. The molecule has 1 aromatic carbocycles. The number of nitrogens with one attached hydrogen (secondary N) is 3. The summed E-state index contributed by atoms with van der Waals surface area (Å²) < 4.78 is 5.39. The highest BCUT2D eigenvalue weighted by Crippen LogP contribution is 2.13. The molecule has 8 heteroatoms. The van der Waals surface area contributed by atoms with Crippen LogP contribution in [0.25, 0.3) is 0 Å². The Kier molecular flexibility index (Phi) is 4.39. The van der Waals surface area contributed by atoms with E-state index in [9.17, 15) is 14.4 Å². The second-order valence-electron chi connectivity index (χ2n) is 4.18. The Labute approximate surface area is 119 Å². The van der Waals surface area contributed by atoms with E-state index in [0.29, 0.717) is 11.4 Å². The number of nitrogen functional groups attached to an aromatic ring is 1. The summed E-state index contributed by atoms with van der Waals surface area (Å²) in [7, 11) is 0. The van der Waals surface area contributed by atoms with Gasteiger partial charge in [-0.3, -0.25) is 14.6 Å². The van der Waals surface area contributed by atoms with Gasteiger partial charge in [0.05, 0.1) is 6.54 Å². The van der Waals surface area contributed by atoms with E-state index in [2.05, 4.69) is 10.3 Å². The largest absolute Gasteiger partial charge is 0.492 e. The molecule has 0 unspecified atom stereocenters. The summed E-state index contributed by atoms with van der Waals surface area (Å²) in [6.45, 7) is 0.436. The minimum absolute atomic E-state index is 0.104. The molecule has 1 aromatic heterocycles. The quantitative estimate of drug-likeness (QED) is 0.434. The number of carbonyl (C=O) groups excluding carboxylic acids is 1. The molecular weight excluding hydrogens is 276 g/mol. The fourth-order valence-electron chi connectivity index (χ4n) is 1.62. The number of hydrogen-bond acceptors (Lipinski definition) is 5. The van der Waals surface area contributed by atoms with E-state index in [1.165, 1.54) is 0 Å². The first-order chi connectivity index (χ1) is 10.0. The Morgan fingerprint density at radius 3 is 2.76 bits per heavy atom. The fourth-order valence-corrected chi connectivity index (χ4v) is 1.62. The van der Waals surface area contributed by atoms with Crippen LogP contribution >= 0.6 is 0 Å². The maximum Gasteiger partial charge on any atom is 0.326 e. The predicted molar refractivity (Wildman–Crippen MR) is 76.4 cm³/mol. The van der Waals surface area contributed by atoms with Gasteiger partial charge < -0.3 is 20.8 Å². The molecule has 0 saturated carbocycles. The SMILES string of the molecule is Nc1cccc(OCCNC(=O)c2cc(=O)[nH]c(=O)[nH]2)c1. The zero-order valence-corrected chi connectivity index (χ0v) is 11.0. The van der Waals surface area contributed by atoms with Crippen LogP contribution in [0.2, 0.25) is 0 Å². The van der Waals surface area contributed by atoms with E-state index < -0.39 is 17.2 Å². The number of H-pyrrole nitrogens is 2. The lowest BCUT2D eigenvalue weighted by molar-refractivity contribution is 0.0941. The van der Waals surface area contributed by atoms with Gasteiger partial charge in [-0.25, -0.2) is 4.79 Å². The summed E-state index contributed by atoms with van der Waals surface area (Å²) in [5.74, 6) is 0.0307. The zero-order chi connectivity index (χ0) is 15.2. The van der Waals surface area contributed by atoms with Gasteiger partial charge in [-0.2, -0.15) is 0 Å². The molecule has 8 nitrogen and oxygen atoms in total. The Bertz CT molecular complexity index is 722. The summed E-state index contributed by atoms with van der Waals surface area (Å²) in [5, 5.41) is 2.52. The standard InChI is InChI=1S/C13H14N4O4/c14-8-2-1-3-9(6-8)21-5-4-15-12(19)10-7-11(18)17-13(20)16-10/h1-3,6-7H,4-5,14H2,(H,15,19)(H2,16,17,18,20). The van der Waals surface area contributed by atoms with Gasteiger partial charge in [-0.05, 0) is 12.1 Å². The van der Waals surface area contributed by atoms with Crippen molar-refractivity contribution in [2.75, 3.05) is 18.9 Å². The molecule has 1 amide bonds. The number of aromatic nitrogens is 2. The summed E-state index contributed by atoms with van der Waals surface area (Å²) >= 11 is 0. The van der Waals surface area contributed by atoms with Gasteiger partial charge in [0.25, 0.3) is 11.5 Å². The molecule has 21 heavy (non-hydrogen) atoms. The number of nitrogens with two attached hydrogens (primary N) is 1. The maximum absolute atomic E-state index is 11.7. The average molecular weight is 290 g/mol. The van der Waals surface area contributed by atoms with Gasteiger partial charge in [0, 0.05) is 17.8 Å². The van der Waals surface area contributed by atoms with Crippen LogP contribution in [-0.4, -0.2) is 29.0 Å². The van der Waals surface area contributed by atoms with Crippen LogP contribution in [0.5, 0.6) is 5.75 Å². The van der Waals surface area contributed by atoms with Crippen molar-refractivity contribution in [2.24, 2.45) is 0 Å². The number of amides is 1. The lowest BCUT2D eigenvalue weighted by Crippen LogP contribution is -2.33. The summed E-state index contributed by atoms with van der Waals surface area (Å²) in [6, 6.07) is 7.90. The van der Waals surface area contributed by atoms with Crippen LogP contribution in [0.1, 0.15) is 10.5 Å². The molecule has 0 aliphatic heterocycles. The normalized spacial score (nSPS) is 10.1. The number of hydrogen-bond donors (Lipinski definition) is 4.